The first-order valence-corrected chi connectivity index (χ1v) is 11.8. The molecule has 0 aliphatic carbocycles. The summed E-state index contributed by atoms with van der Waals surface area (Å²) >= 11 is 5.60. The van der Waals surface area contributed by atoms with Crippen molar-refractivity contribution >= 4 is 28.9 Å². The lowest BCUT2D eigenvalue weighted by atomic mass is 9.99. The first-order chi connectivity index (χ1) is 17.9. The molecule has 3 N–H and O–H groups in total. The van der Waals surface area contributed by atoms with Crippen LogP contribution in [0.15, 0.2) is 77.6 Å². The fourth-order valence-corrected chi connectivity index (χ4v) is 4.50. The van der Waals surface area contributed by atoms with E-state index in [0.29, 0.717) is 50.9 Å². The number of ether oxygens (including phenoxy) is 3. The average Bonchev–Trinajstić information content (AvgIpc) is 2.92. The maximum absolute atomic E-state index is 14.0. The molecule has 2 heterocycles. The van der Waals surface area contributed by atoms with Crippen molar-refractivity contribution in [3.63, 3.8) is 0 Å². The number of methoxy groups -OCH3 is 3. The molecule has 3 aromatic carbocycles. The van der Waals surface area contributed by atoms with Crippen LogP contribution in [0.1, 0.15) is 0 Å². The Kier molecular flexibility index (Phi) is 6.37. The molecule has 37 heavy (non-hydrogen) atoms. The molecule has 0 bridgehead atoms. The fraction of sp³-hybridized carbons (Fsp3) is 0.107. The molecule has 0 atom stereocenters. The number of nitrogens with one attached hydrogen (secondary N) is 1. The largest absolute Gasteiger partial charge is 0.497 e. The smallest absolute Gasteiger partial charge is 0.269 e. The average molecular weight is 513 g/mol. The van der Waals surface area contributed by atoms with Gasteiger partial charge in [-0.1, -0.05) is 18.2 Å². The number of anilines is 1. The highest BCUT2D eigenvalue weighted by atomic mass is 32.1. The standard InChI is InChI=1S/C28H24N4O4S/c1-34-20-11-9-19(10-12-20)32-27(33)25-21(17-6-13-23(35-2)24(14-17)36-3)15-22(30-26(25)31-28(32)37)16-4-7-18(29)8-5-16/h4-15H,29H2,1-3H3,(H,30,31,37). The Morgan fingerprint density at radius 2 is 1.51 bits per heavy atom. The summed E-state index contributed by atoms with van der Waals surface area (Å²) in [6, 6.07) is 21.9. The van der Waals surface area contributed by atoms with E-state index in [4.69, 9.17) is 37.1 Å². The van der Waals surface area contributed by atoms with Crippen LogP contribution in [0.2, 0.25) is 0 Å². The second kappa shape index (κ2) is 9.79. The van der Waals surface area contributed by atoms with Gasteiger partial charge in [0.1, 0.15) is 11.4 Å². The van der Waals surface area contributed by atoms with Gasteiger partial charge in [-0.2, -0.15) is 0 Å². The van der Waals surface area contributed by atoms with E-state index in [9.17, 15) is 4.79 Å². The first kappa shape index (κ1) is 24.1. The molecule has 0 aliphatic rings. The van der Waals surface area contributed by atoms with Gasteiger partial charge in [0, 0.05) is 16.8 Å². The zero-order valence-corrected chi connectivity index (χ0v) is 21.3. The normalized spacial score (nSPS) is 10.9. The molecule has 9 heteroatoms. The summed E-state index contributed by atoms with van der Waals surface area (Å²) in [5.41, 5.74) is 10.1. The van der Waals surface area contributed by atoms with Crippen molar-refractivity contribution in [3.8, 4) is 45.3 Å². The minimum absolute atomic E-state index is 0.225. The van der Waals surface area contributed by atoms with Crippen LogP contribution < -0.4 is 25.5 Å². The highest BCUT2D eigenvalue weighted by Gasteiger charge is 2.18. The second-order valence-electron chi connectivity index (χ2n) is 8.24. The molecule has 0 amide bonds. The molecule has 186 valence electrons. The molecule has 0 unspecified atom stereocenters. The number of nitrogens with two attached hydrogens (primary N) is 1. The van der Waals surface area contributed by atoms with Crippen molar-refractivity contribution in [2.45, 2.75) is 0 Å². The number of nitrogens with zero attached hydrogens (tertiary/aromatic N) is 2. The lowest BCUT2D eigenvalue weighted by Crippen LogP contribution is -2.21. The molecule has 0 spiro atoms. The van der Waals surface area contributed by atoms with E-state index in [1.54, 1.807) is 63.8 Å². The number of pyridine rings is 1. The van der Waals surface area contributed by atoms with Crippen molar-refractivity contribution in [2.24, 2.45) is 0 Å². The Morgan fingerprint density at radius 1 is 0.838 bits per heavy atom. The van der Waals surface area contributed by atoms with Gasteiger partial charge in [0.25, 0.3) is 5.56 Å². The first-order valence-electron chi connectivity index (χ1n) is 11.4. The molecule has 0 aliphatic heterocycles. The van der Waals surface area contributed by atoms with E-state index < -0.39 is 0 Å². The third-order valence-electron chi connectivity index (χ3n) is 6.10. The summed E-state index contributed by atoms with van der Waals surface area (Å²) in [5, 5.41) is 0.385. The molecule has 5 aromatic rings. The molecular formula is C28H24N4O4S. The topological polar surface area (TPSA) is 104 Å². The maximum atomic E-state index is 14.0. The Morgan fingerprint density at radius 3 is 2.16 bits per heavy atom. The van der Waals surface area contributed by atoms with Crippen molar-refractivity contribution < 1.29 is 14.2 Å². The van der Waals surface area contributed by atoms with Crippen molar-refractivity contribution in [3.05, 3.63) is 87.9 Å². The van der Waals surface area contributed by atoms with Gasteiger partial charge in [-0.15, -0.1) is 0 Å². The summed E-state index contributed by atoms with van der Waals surface area (Å²) in [4.78, 5) is 21.9. The zero-order valence-electron chi connectivity index (χ0n) is 20.4. The summed E-state index contributed by atoms with van der Waals surface area (Å²) in [7, 11) is 4.73. The molecule has 0 radical (unpaired) electrons. The molecule has 2 aromatic heterocycles. The van der Waals surface area contributed by atoms with E-state index in [2.05, 4.69) is 4.98 Å². The predicted molar refractivity (Wildman–Crippen MR) is 147 cm³/mol. The molecule has 8 nitrogen and oxygen atoms in total. The summed E-state index contributed by atoms with van der Waals surface area (Å²) < 4.78 is 17.9. The number of aromatic nitrogens is 3. The lowest BCUT2D eigenvalue weighted by Gasteiger charge is -2.15. The van der Waals surface area contributed by atoms with Gasteiger partial charge in [-0.25, -0.2) is 4.98 Å². The Balaban J connectivity index is 1.84. The molecule has 0 saturated carbocycles. The molecule has 0 saturated heterocycles. The van der Waals surface area contributed by atoms with Crippen LogP contribution in [0.4, 0.5) is 5.69 Å². The van der Waals surface area contributed by atoms with E-state index in [-0.39, 0.29) is 10.3 Å². The number of H-pyrrole nitrogens is 1. The van der Waals surface area contributed by atoms with Crippen LogP contribution in [0.3, 0.4) is 0 Å². The molecule has 5 rings (SSSR count). The van der Waals surface area contributed by atoms with Gasteiger partial charge in [0.2, 0.25) is 0 Å². The van der Waals surface area contributed by atoms with Crippen LogP contribution in [0.25, 0.3) is 39.1 Å². The van der Waals surface area contributed by atoms with E-state index in [1.807, 2.05) is 30.3 Å². The van der Waals surface area contributed by atoms with Crippen LogP contribution >= 0.6 is 12.2 Å². The monoisotopic (exact) mass is 512 g/mol. The fourth-order valence-electron chi connectivity index (χ4n) is 4.21. The maximum Gasteiger partial charge on any atom is 0.269 e. The van der Waals surface area contributed by atoms with Crippen molar-refractivity contribution in [2.75, 3.05) is 27.1 Å². The number of hydrogen-bond acceptors (Lipinski definition) is 7. The highest BCUT2D eigenvalue weighted by Crippen LogP contribution is 2.36. The molecular weight excluding hydrogens is 488 g/mol. The van der Waals surface area contributed by atoms with Gasteiger partial charge in [-0.05, 0) is 72.4 Å². The van der Waals surface area contributed by atoms with Gasteiger partial charge >= 0.3 is 0 Å². The van der Waals surface area contributed by atoms with E-state index in [0.717, 1.165) is 11.1 Å². The third-order valence-corrected chi connectivity index (χ3v) is 6.38. The van der Waals surface area contributed by atoms with Gasteiger partial charge in [0.15, 0.2) is 16.3 Å². The van der Waals surface area contributed by atoms with Crippen molar-refractivity contribution in [1.82, 2.24) is 14.5 Å². The zero-order chi connectivity index (χ0) is 26.1. The van der Waals surface area contributed by atoms with Crippen LogP contribution in [0.5, 0.6) is 17.2 Å². The van der Waals surface area contributed by atoms with Crippen LogP contribution in [-0.2, 0) is 0 Å². The quantitative estimate of drug-likeness (QED) is 0.232. The number of fused-ring (bicyclic) bond motifs is 1. The number of aromatic amines is 1. The molecule has 0 fully saturated rings. The number of nitrogen functional groups attached to an aromatic ring is 1. The Bertz CT molecular complexity index is 1730. The highest BCUT2D eigenvalue weighted by molar-refractivity contribution is 7.71. The number of hydrogen-bond donors (Lipinski definition) is 2. The van der Waals surface area contributed by atoms with Gasteiger partial charge < -0.3 is 24.9 Å². The summed E-state index contributed by atoms with van der Waals surface area (Å²) in [5.74, 6) is 1.80. The number of benzene rings is 3. The SMILES string of the molecule is COc1ccc(-n2c(=S)[nH]c3nc(-c4ccc(N)cc4)cc(-c4ccc(OC)c(OC)c4)c3c2=O)cc1. The second-order valence-corrected chi connectivity index (χ2v) is 8.63. The third kappa shape index (κ3) is 4.41. The predicted octanol–water partition coefficient (Wildman–Crippen LogP) is 5.39. The van der Waals surface area contributed by atoms with E-state index in [1.165, 1.54) is 4.57 Å². The van der Waals surface area contributed by atoms with Crippen molar-refractivity contribution in [1.29, 1.82) is 0 Å². The van der Waals surface area contributed by atoms with Gasteiger partial charge in [0.05, 0.1) is 38.1 Å². The van der Waals surface area contributed by atoms with Crippen LogP contribution in [0, 0.1) is 4.77 Å². The summed E-state index contributed by atoms with van der Waals surface area (Å²) in [6.07, 6.45) is 0. The minimum atomic E-state index is -0.301. The van der Waals surface area contributed by atoms with Gasteiger partial charge in [-0.3, -0.25) is 9.36 Å². The Labute approximate surface area is 217 Å². The lowest BCUT2D eigenvalue weighted by molar-refractivity contribution is 0.355. The Hall–Kier alpha value is -4.63. The summed E-state index contributed by atoms with van der Waals surface area (Å²) in [6.45, 7) is 0. The van der Waals surface area contributed by atoms with E-state index >= 15 is 0 Å². The minimum Gasteiger partial charge on any atom is -0.497 e. The van der Waals surface area contributed by atoms with Crippen LogP contribution in [-0.4, -0.2) is 35.9 Å². The number of rotatable bonds is 6.